The Morgan fingerprint density at radius 1 is 0.682 bits per heavy atom. The van der Waals surface area contributed by atoms with Crippen LogP contribution in [0.2, 0.25) is 0 Å². The van der Waals surface area contributed by atoms with Gasteiger partial charge >= 0.3 is 12.2 Å². The number of fused-ring (bicyclic) bond motifs is 2. The zero-order valence-corrected chi connectivity index (χ0v) is 12.1. The van der Waals surface area contributed by atoms with E-state index in [1.165, 1.54) is 24.0 Å². The number of hydrogen-bond acceptors (Lipinski definition) is 4. The molecule has 0 N–H and O–H groups in total. The lowest BCUT2D eigenvalue weighted by molar-refractivity contribution is 0.179. The Hall–Kier alpha value is -3.02. The number of ether oxygens (including phenoxy) is 2. The Morgan fingerprint density at radius 3 is 1.18 bits per heavy atom. The fraction of sp³-hybridized carbons (Fsp3) is 0.125. The Labute approximate surface area is 127 Å². The lowest BCUT2D eigenvalue weighted by atomic mass is 10.1. The van der Waals surface area contributed by atoms with E-state index in [0.29, 0.717) is 22.7 Å². The van der Waals surface area contributed by atoms with Gasteiger partial charge < -0.3 is 9.47 Å². The summed E-state index contributed by atoms with van der Waals surface area (Å²) in [6, 6.07) is 14.2. The van der Waals surface area contributed by atoms with Gasteiger partial charge in [0.25, 0.3) is 0 Å². The van der Waals surface area contributed by atoms with Gasteiger partial charge in [-0.2, -0.15) is 0 Å². The molecule has 0 aromatic heterocycles. The third kappa shape index (κ3) is 1.96. The van der Waals surface area contributed by atoms with Gasteiger partial charge in [-0.25, -0.2) is 19.4 Å². The fourth-order valence-electron chi connectivity index (χ4n) is 2.52. The molecule has 0 bridgehead atoms. The second kappa shape index (κ2) is 5.40. The molecule has 0 unspecified atom stereocenters. The van der Waals surface area contributed by atoms with E-state index in [4.69, 9.17) is 9.47 Å². The third-order valence-corrected chi connectivity index (χ3v) is 3.44. The summed E-state index contributed by atoms with van der Waals surface area (Å²) in [6.45, 7) is 0. The van der Waals surface area contributed by atoms with Crippen molar-refractivity contribution in [3.63, 3.8) is 0 Å². The molecule has 112 valence electrons. The number of rotatable bonds is 0. The number of methoxy groups -OCH3 is 2. The Kier molecular flexibility index (Phi) is 3.42. The van der Waals surface area contributed by atoms with Crippen molar-refractivity contribution in [3.8, 4) is 0 Å². The summed E-state index contributed by atoms with van der Waals surface area (Å²) in [4.78, 5) is 27.3. The Morgan fingerprint density at radius 2 is 0.955 bits per heavy atom. The fourth-order valence-corrected chi connectivity index (χ4v) is 2.52. The molecular formula is C16H14N2O4. The molecule has 0 saturated heterocycles. The van der Waals surface area contributed by atoms with Gasteiger partial charge in [-0.3, -0.25) is 0 Å². The van der Waals surface area contributed by atoms with E-state index < -0.39 is 12.2 Å². The number of hydrogen-bond donors (Lipinski definition) is 0. The normalized spacial score (nSPS) is 12.3. The zero-order chi connectivity index (χ0) is 15.7. The van der Waals surface area contributed by atoms with Crippen LogP contribution in [-0.2, 0) is 9.47 Å². The number of anilines is 4. The molecule has 22 heavy (non-hydrogen) atoms. The first kappa shape index (κ1) is 13.9. The standard InChI is InChI=1S/C16H14N2O4/c1-21-15(19)17-11-7-3-5-9-13(11)18(16(20)22-2)14-10-6-4-8-12(14)17/h3-10H,1-2H3. The molecule has 1 aliphatic heterocycles. The van der Waals surface area contributed by atoms with Crippen LogP contribution in [0, 0.1) is 0 Å². The van der Waals surface area contributed by atoms with Crippen molar-refractivity contribution in [1.82, 2.24) is 0 Å². The minimum atomic E-state index is -0.524. The lowest BCUT2D eigenvalue weighted by Gasteiger charge is -2.36. The maximum Gasteiger partial charge on any atom is 0.418 e. The van der Waals surface area contributed by atoms with Crippen LogP contribution in [0.15, 0.2) is 48.5 Å². The summed E-state index contributed by atoms with van der Waals surface area (Å²) in [5.74, 6) is 0. The highest BCUT2D eigenvalue weighted by Gasteiger charge is 2.35. The van der Waals surface area contributed by atoms with Gasteiger partial charge in [-0.15, -0.1) is 0 Å². The van der Waals surface area contributed by atoms with E-state index in [9.17, 15) is 9.59 Å². The SMILES string of the molecule is COC(=O)N1c2ccccc2N(C(=O)OC)c2ccccc21. The topological polar surface area (TPSA) is 59.1 Å². The third-order valence-electron chi connectivity index (χ3n) is 3.44. The van der Waals surface area contributed by atoms with Crippen molar-refractivity contribution in [2.45, 2.75) is 0 Å². The molecule has 0 atom stereocenters. The van der Waals surface area contributed by atoms with Gasteiger partial charge in [0.15, 0.2) is 0 Å². The highest BCUT2D eigenvalue weighted by Crippen LogP contribution is 2.48. The zero-order valence-electron chi connectivity index (χ0n) is 12.1. The number of para-hydroxylation sites is 4. The van der Waals surface area contributed by atoms with E-state index >= 15 is 0 Å². The minimum absolute atomic E-state index is 0.524. The summed E-state index contributed by atoms with van der Waals surface area (Å²) < 4.78 is 9.76. The average molecular weight is 298 g/mol. The van der Waals surface area contributed by atoms with Crippen molar-refractivity contribution in [3.05, 3.63) is 48.5 Å². The molecule has 2 aromatic rings. The predicted molar refractivity (Wildman–Crippen MR) is 82.0 cm³/mol. The quantitative estimate of drug-likeness (QED) is 0.742. The highest BCUT2D eigenvalue weighted by atomic mass is 16.5. The van der Waals surface area contributed by atoms with Crippen molar-refractivity contribution < 1.29 is 19.1 Å². The van der Waals surface area contributed by atoms with Gasteiger partial charge in [0.1, 0.15) is 0 Å². The first-order chi connectivity index (χ1) is 10.7. The molecule has 6 nitrogen and oxygen atoms in total. The number of amides is 2. The number of nitrogens with zero attached hydrogens (tertiary/aromatic N) is 2. The van der Waals surface area contributed by atoms with Crippen LogP contribution in [0.1, 0.15) is 0 Å². The van der Waals surface area contributed by atoms with E-state index in [1.54, 1.807) is 48.5 Å². The van der Waals surface area contributed by atoms with Gasteiger partial charge in [0.2, 0.25) is 0 Å². The molecule has 0 spiro atoms. The molecule has 2 aromatic carbocycles. The molecule has 0 fully saturated rings. The monoisotopic (exact) mass is 298 g/mol. The predicted octanol–water partition coefficient (Wildman–Crippen LogP) is 3.81. The summed E-state index contributed by atoms with van der Waals surface area (Å²) in [6.07, 6.45) is -1.05. The average Bonchev–Trinajstić information content (AvgIpc) is 2.58. The van der Waals surface area contributed by atoms with Crippen LogP contribution in [0.3, 0.4) is 0 Å². The maximum absolute atomic E-state index is 12.2. The smallest absolute Gasteiger partial charge is 0.418 e. The van der Waals surface area contributed by atoms with Crippen LogP contribution in [-0.4, -0.2) is 26.4 Å². The van der Waals surface area contributed by atoms with Crippen molar-refractivity contribution in [2.24, 2.45) is 0 Å². The molecule has 0 saturated carbocycles. The van der Waals surface area contributed by atoms with Gasteiger partial charge in [0.05, 0.1) is 37.0 Å². The van der Waals surface area contributed by atoms with Gasteiger partial charge in [0, 0.05) is 0 Å². The molecule has 0 radical (unpaired) electrons. The van der Waals surface area contributed by atoms with Gasteiger partial charge in [-0.05, 0) is 24.3 Å². The lowest BCUT2D eigenvalue weighted by Crippen LogP contribution is -2.36. The number of benzene rings is 2. The van der Waals surface area contributed by atoms with E-state index in [0.717, 1.165) is 0 Å². The first-order valence-corrected chi connectivity index (χ1v) is 6.63. The second-order valence-electron chi connectivity index (χ2n) is 4.59. The second-order valence-corrected chi connectivity index (χ2v) is 4.59. The molecule has 2 amide bonds. The van der Waals surface area contributed by atoms with Crippen molar-refractivity contribution in [1.29, 1.82) is 0 Å². The Balaban J connectivity index is 2.28. The molecule has 1 heterocycles. The van der Waals surface area contributed by atoms with E-state index in [2.05, 4.69) is 0 Å². The largest absolute Gasteiger partial charge is 0.452 e. The molecular weight excluding hydrogens is 284 g/mol. The first-order valence-electron chi connectivity index (χ1n) is 6.63. The van der Waals surface area contributed by atoms with Crippen LogP contribution in [0.5, 0.6) is 0 Å². The van der Waals surface area contributed by atoms with Crippen LogP contribution >= 0.6 is 0 Å². The summed E-state index contributed by atoms with van der Waals surface area (Å²) in [7, 11) is 2.64. The minimum Gasteiger partial charge on any atom is -0.452 e. The maximum atomic E-state index is 12.2. The van der Waals surface area contributed by atoms with Gasteiger partial charge in [-0.1, -0.05) is 24.3 Å². The van der Waals surface area contributed by atoms with Crippen LogP contribution in [0.25, 0.3) is 0 Å². The highest BCUT2D eigenvalue weighted by molar-refractivity contribution is 6.13. The molecule has 1 aliphatic rings. The molecule has 0 aliphatic carbocycles. The summed E-state index contributed by atoms with van der Waals surface area (Å²) >= 11 is 0. The number of carbonyl (C=O) groups excluding carboxylic acids is 2. The van der Waals surface area contributed by atoms with E-state index in [-0.39, 0.29) is 0 Å². The number of carbonyl (C=O) groups is 2. The van der Waals surface area contributed by atoms with Crippen LogP contribution < -0.4 is 9.80 Å². The van der Waals surface area contributed by atoms with Crippen LogP contribution in [0.4, 0.5) is 32.3 Å². The van der Waals surface area contributed by atoms with E-state index in [1.807, 2.05) is 0 Å². The summed E-state index contributed by atoms with van der Waals surface area (Å²) in [5.41, 5.74) is 2.22. The Bertz CT molecular complexity index is 635. The summed E-state index contributed by atoms with van der Waals surface area (Å²) in [5, 5.41) is 0. The van der Waals surface area contributed by atoms with Crippen molar-refractivity contribution >= 4 is 34.9 Å². The van der Waals surface area contributed by atoms with Crippen molar-refractivity contribution in [2.75, 3.05) is 24.0 Å². The molecule has 6 heteroatoms. The molecule has 3 rings (SSSR count).